The molecule has 0 aromatic heterocycles. The highest BCUT2D eigenvalue weighted by Crippen LogP contribution is 2.30. The lowest BCUT2D eigenvalue weighted by molar-refractivity contribution is -0.137. The summed E-state index contributed by atoms with van der Waals surface area (Å²) in [7, 11) is 0. The van der Waals surface area contributed by atoms with Gasteiger partial charge in [-0.15, -0.1) is 0 Å². The number of rotatable bonds is 8. The molecule has 1 N–H and O–H groups in total. The molecule has 0 saturated carbocycles. The van der Waals surface area contributed by atoms with E-state index in [1.54, 1.807) is 6.07 Å². The van der Waals surface area contributed by atoms with Crippen molar-refractivity contribution in [1.29, 1.82) is 0 Å². The maximum atomic E-state index is 12.7. The fourth-order valence-corrected chi connectivity index (χ4v) is 2.47. The molecular formula is C17H26F3N. The first-order chi connectivity index (χ1) is 9.82. The second-order valence-corrected chi connectivity index (χ2v) is 6.11. The van der Waals surface area contributed by atoms with Crippen LogP contribution in [0.1, 0.15) is 44.7 Å². The van der Waals surface area contributed by atoms with Crippen LogP contribution in [0.15, 0.2) is 24.3 Å². The molecule has 0 heterocycles. The molecule has 0 spiro atoms. The summed E-state index contributed by atoms with van der Waals surface area (Å²) >= 11 is 0. The average molecular weight is 301 g/mol. The molecular weight excluding hydrogens is 275 g/mol. The summed E-state index contributed by atoms with van der Waals surface area (Å²) in [5, 5.41) is 3.41. The van der Waals surface area contributed by atoms with E-state index in [0.717, 1.165) is 37.6 Å². The van der Waals surface area contributed by atoms with Gasteiger partial charge in [0.15, 0.2) is 0 Å². The van der Waals surface area contributed by atoms with E-state index in [0.29, 0.717) is 18.3 Å². The molecule has 0 aliphatic rings. The van der Waals surface area contributed by atoms with E-state index in [-0.39, 0.29) is 0 Å². The predicted molar refractivity (Wildman–Crippen MR) is 81.3 cm³/mol. The molecule has 0 amide bonds. The van der Waals surface area contributed by atoms with Gasteiger partial charge in [0.25, 0.3) is 0 Å². The molecule has 1 nitrogen and oxygen atoms in total. The fraction of sp³-hybridized carbons (Fsp3) is 0.647. The molecule has 0 radical (unpaired) electrons. The van der Waals surface area contributed by atoms with Gasteiger partial charge in [-0.05, 0) is 49.4 Å². The number of hydrogen-bond acceptors (Lipinski definition) is 1. The van der Waals surface area contributed by atoms with Crippen LogP contribution in [0.2, 0.25) is 0 Å². The Kier molecular flexibility index (Phi) is 7.23. The SMILES string of the molecule is CCCC(CNCC(C)C)Cc1cccc(C(F)(F)F)c1. The first-order valence-electron chi connectivity index (χ1n) is 7.69. The first kappa shape index (κ1) is 18.0. The first-order valence-corrected chi connectivity index (χ1v) is 7.69. The summed E-state index contributed by atoms with van der Waals surface area (Å²) in [5.74, 6) is 0.970. The van der Waals surface area contributed by atoms with Crippen molar-refractivity contribution in [2.75, 3.05) is 13.1 Å². The van der Waals surface area contributed by atoms with Crippen molar-refractivity contribution in [1.82, 2.24) is 5.32 Å². The highest BCUT2D eigenvalue weighted by Gasteiger charge is 2.30. The van der Waals surface area contributed by atoms with Gasteiger partial charge in [0.05, 0.1) is 5.56 Å². The van der Waals surface area contributed by atoms with E-state index >= 15 is 0 Å². The van der Waals surface area contributed by atoms with Crippen molar-refractivity contribution in [3.8, 4) is 0 Å². The summed E-state index contributed by atoms with van der Waals surface area (Å²) < 4.78 is 38.2. The number of alkyl halides is 3. The van der Waals surface area contributed by atoms with Crippen LogP contribution in [0.5, 0.6) is 0 Å². The molecule has 1 atom stereocenters. The van der Waals surface area contributed by atoms with Crippen LogP contribution in [-0.4, -0.2) is 13.1 Å². The van der Waals surface area contributed by atoms with Crippen LogP contribution in [0.25, 0.3) is 0 Å². The number of hydrogen-bond donors (Lipinski definition) is 1. The lowest BCUT2D eigenvalue weighted by atomic mass is 9.94. The Hall–Kier alpha value is -1.03. The van der Waals surface area contributed by atoms with Gasteiger partial charge in [-0.25, -0.2) is 0 Å². The molecule has 1 aromatic carbocycles. The summed E-state index contributed by atoms with van der Waals surface area (Å²) in [4.78, 5) is 0. The van der Waals surface area contributed by atoms with E-state index < -0.39 is 11.7 Å². The fourth-order valence-electron chi connectivity index (χ4n) is 2.47. The minimum Gasteiger partial charge on any atom is -0.316 e. The van der Waals surface area contributed by atoms with E-state index in [1.165, 1.54) is 12.1 Å². The van der Waals surface area contributed by atoms with E-state index in [9.17, 15) is 13.2 Å². The van der Waals surface area contributed by atoms with Crippen molar-refractivity contribution in [2.45, 2.75) is 46.2 Å². The van der Waals surface area contributed by atoms with Gasteiger partial charge >= 0.3 is 6.18 Å². The van der Waals surface area contributed by atoms with Crippen molar-refractivity contribution in [2.24, 2.45) is 11.8 Å². The number of halogens is 3. The molecule has 1 aromatic rings. The summed E-state index contributed by atoms with van der Waals surface area (Å²) in [5.41, 5.74) is 0.222. The standard InChI is InChI=1S/C17H26F3N/c1-4-6-15(12-21-11-13(2)3)9-14-7-5-8-16(10-14)17(18,19)20/h5,7-8,10,13,15,21H,4,6,9,11-12H2,1-3H3. The molecule has 120 valence electrons. The maximum absolute atomic E-state index is 12.7. The Balaban J connectivity index is 2.65. The monoisotopic (exact) mass is 301 g/mol. The third-order valence-electron chi connectivity index (χ3n) is 3.46. The molecule has 0 saturated heterocycles. The van der Waals surface area contributed by atoms with Crippen LogP contribution in [0, 0.1) is 11.8 Å². The highest BCUT2D eigenvalue weighted by atomic mass is 19.4. The maximum Gasteiger partial charge on any atom is 0.416 e. The van der Waals surface area contributed by atoms with Crippen LogP contribution < -0.4 is 5.32 Å². The Morgan fingerprint density at radius 3 is 2.43 bits per heavy atom. The third kappa shape index (κ3) is 6.98. The summed E-state index contributed by atoms with van der Waals surface area (Å²) in [6.07, 6.45) is -1.48. The molecule has 0 aliphatic heterocycles. The van der Waals surface area contributed by atoms with Gasteiger partial charge in [0, 0.05) is 0 Å². The zero-order valence-electron chi connectivity index (χ0n) is 13.1. The van der Waals surface area contributed by atoms with Crippen LogP contribution in [0.3, 0.4) is 0 Å². The summed E-state index contributed by atoms with van der Waals surface area (Å²) in [6, 6.07) is 5.71. The number of benzene rings is 1. The van der Waals surface area contributed by atoms with Gasteiger partial charge in [0.2, 0.25) is 0 Å². The molecule has 0 aliphatic carbocycles. The Morgan fingerprint density at radius 2 is 1.86 bits per heavy atom. The van der Waals surface area contributed by atoms with E-state index in [1.807, 2.05) is 0 Å². The van der Waals surface area contributed by atoms with Crippen molar-refractivity contribution in [3.63, 3.8) is 0 Å². The van der Waals surface area contributed by atoms with Gasteiger partial charge in [-0.3, -0.25) is 0 Å². The highest BCUT2D eigenvalue weighted by molar-refractivity contribution is 5.26. The van der Waals surface area contributed by atoms with Crippen LogP contribution in [-0.2, 0) is 12.6 Å². The zero-order chi connectivity index (χ0) is 15.9. The normalized spacial score (nSPS) is 13.7. The second-order valence-electron chi connectivity index (χ2n) is 6.11. The Morgan fingerprint density at radius 1 is 1.14 bits per heavy atom. The Bertz CT molecular complexity index is 413. The van der Waals surface area contributed by atoms with Crippen molar-refractivity contribution in [3.05, 3.63) is 35.4 Å². The summed E-state index contributed by atoms with van der Waals surface area (Å²) in [6.45, 7) is 8.22. The molecule has 1 rings (SSSR count). The Labute approximate surface area is 125 Å². The van der Waals surface area contributed by atoms with Gasteiger partial charge in [-0.2, -0.15) is 13.2 Å². The van der Waals surface area contributed by atoms with Crippen molar-refractivity contribution >= 4 is 0 Å². The van der Waals surface area contributed by atoms with Gasteiger partial charge in [-0.1, -0.05) is 45.4 Å². The molecule has 0 bridgehead atoms. The van der Waals surface area contributed by atoms with E-state index in [4.69, 9.17) is 0 Å². The minimum atomic E-state index is -4.26. The average Bonchev–Trinajstić information content (AvgIpc) is 2.38. The topological polar surface area (TPSA) is 12.0 Å². The number of nitrogens with one attached hydrogen (secondary N) is 1. The molecule has 1 unspecified atom stereocenters. The van der Waals surface area contributed by atoms with Gasteiger partial charge < -0.3 is 5.32 Å². The van der Waals surface area contributed by atoms with Crippen molar-refractivity contribution < 1.29 is 13.2 Å². The second kappa shape index (κ2) is 8.42. The largest absolute Gasteiger partial charge is 0.416 e. The van der Waals surface area contributed by atoms with Gasteiger partial charge in [0.1, 0.15) is 0 Å². The van der Waals surface area contributed by atoms with Crippen LogP contribution >= 0.6 is 0 Å². The minimum absolute atomic E-state index is 0.386. The predicted octanol–water partition coefficient (Wildman–Crippen LogP) is 4.91. The third-order valence-corrected chi connectivity index (χ3v) is 3.46. The van der Waals surface area contributed by atoms with Crippen LogP contribution in [0.4, 0.5) is 13.2 Å². The molecule has 4 heteroatoms. The molecule has 21 heavy (non-hydrogen) atoms. The van der Waals surface area contributed by atoms with E-state index in [2.05, 4.69) is 26.1 Å². The lowest BCUT2D eigenvalue weighted by Gasteiger charge is -2.18. The zero-order valence-corrected chi connectivity index (χ0v) is 13.1. The molecule has 0 fully saturated rings. The quantitative estimate of drug-likeness (QED) is 0.719. The lowest BCUT2D eigenvalue weighted by Crippen LogP contribution is -2.27. The smallest absolute Gasteiger partial charge is 0.316 e.